The molecule has 1 heterocycles. The maximum Gasteiger partial charge on any atom is 0.319 e. The summed E-state index contributed by atoms with van der Waals surface area (Å²) < 4.78 is 17.0. The van der Waals surface area contributed by atoms with Gasteiger partial charge in [0, 0.05) is 23.2 Å². The molecule has 0 aromatic rings. The van der Waals surface area contributed by atoms with Crippen LogP contribution < -0.4 is 0 Å². The van der Waals surface area contributed by atoms with Gasteiger partial charge in [-0.2, -0.15) is 0 Å². The summed E-state index contributed by atoms with van der Waals surface area (Å²) in [6.07, 6.45) is 3.42. The number of ether oxygens (including phenoxy) is 1. The topological polar surface area (TPSA) is 63.6 Å². The molecule has 15 heavy (non-hydrogen) atoms. The number of carboxylic acids is 1. The molecule has 3 unspecified atom stereocenters. The molecule has 1 aliphatic heterocycles. The van der Waals surface area contributed by atoms with Gasteiger partial charge in [0.25, 0.3) is 0 Å². The first-order valence-electron chi connectivity index (χ1n) is 5.36. The quantitative estimate of drug-likeness (QED) is 0.749. The van der Waals surface area contributed by atoms with Gasteiger partial charge < -0.3 is 9.84 Å². The summed E-state index contributed by atoms with van der Waals surface area (Å²) in [5.74, 6) is -0.515. The van der Waals surface area contributed by atoms with Crippen LogP contribution in [0.2, 0.25) is 0 Å². The molecule has 1 N–H and O–H groups in total. The number of hydrogen-bond donors (Lipinski definition) is 1. The van der Waals surface area contributed by atoms with Crippen LogP contribution in [-0.2, 0) is 20.3 Å². The van der Waals surface area contributed by atoms with Gasteiger partial charge in [0.05, 0.1) is 6.10 Å². The molecule has 0 aliphatic carbocycles. The molecule has 1 rings (SSSR count). The second-order valence-corrected chi connectivity index (χ2v) is 5.48. The number of rotatable bonds is 6. The molecule has 0 amide bonds. The molecule has 1 saturated heterocycles. The zero-order valence-electron chi connectivity index (χ0n) is 8.98. The Kier molecular flexibility index (Phi) is 5.25. The first-order valence-corrected chi connectivity index (χ1v) is 6.75. The maximum atomic E-state index is 11.6. The van der Waals surface area contributed by atoms with E-state index in [9.17, 15) is 9.00 Å². The second kappa shape index (κ2) is 6.23. The minimum absolute atomic E-state index is 0.195. The van der Waals surface area contributed by atoms with Gasteiger partial charge in [0.1, 0.15) is 5.25 Å². The van der Waals surface area contributed by atoms with Crippen LogP contribution in [0, 0.1) is 0 Å². The summed E-state index contributed by atoms with van der Waals surface area (Å²) in [6, 6.07) is 0. The molecule has 3 atom stereocenters. The van der Waals surface area contributed by atoms with Gasteiger partial charge in [-0.3, -0.25) is 9.00 Å². The summed E-state index contributed by atoms with van der Waals surface area (Å²) >= 11 is 0. The van der Waals surface area contributed by atoms with Crippen molar-refractivity contribution in [2.45, 2.75) is 44.0 Å². The third kappa shape index (κ3) is 3.91. The van der Waals surface area contributed by atoms with E-state index in [0.29, 0.717) is 12.2 Å². The summed E-state index contributed by atoms with van der Waals surface area (Å²) in [7, 11) is -1.26. The summed E-state index contributed by atoms with van der Waals surface area (Å²) in [5.41, 5.74) is 0. The third-order valence-corrected chi connectivity index (χ3v) is 4.44. The van der Waals surface area contributed by atoms with Crippen molar-refractivity contribution in [2.75, 3.05) is 12.4 Å². The van der Waals surface area contributed by atoms with Crippen LogP contribution in [0.1, 0.15) is 32.6 Å². The molecule has 1 aliphatic rings. The van der Waals surface area contributed by atoms with Crippen molar-refractivity contribution in [1.29, 1.82) is 0 Å². The van der Waals surface area contributed by atoms with E-state index in [0.717, 1.165) is 25.9 Å². The number of aliphatic carboxylic acids is 1. The van der Waals surface area contributed by atoms with Gasteiger partial charge in [0.2, 0.25) is 0 Å². The fraction of sp³-hybridized carbons (Fsp3) is 0.900. The molecule has 0 aromatic heterocycles. The van der Waals surface area contributed by atoms with Crippen LogP contribution in [0.15, 0.2) is 0 Å². The first-order chi connectivity index (χ1) is 7.15. The van der Waals surface area contributed by atoms with Crippen LogP contribution >= 0.6 is 0 Å². The first kappa shape index (κ1) is 12.6. The van der Waals surface area contributed by atoms with Crippen molar-refractivity contribution in [2.24, 2.45) is 0 Å². The highest BCUT2D eigenvalue weighted by atomic mass is 32.2. The molecule has 0 saturated carbocycles. The molecule has 5 heteroatoms. The maximum absolute atomic E-state index is 11.6. The Morgan fingerprint density at radius 2 is 2.40 bits per heavy atom. The normalized spacial score (nSPS) is 25.0. The Hall–Kier alpha value is -0.420. The van der Waals surface area contributed by atoms with E-state index in [2.05, 4.69) is 0 Å². The highest BCUT2D eigenvalue weighted by Gasteiger charge is 2.24. The van der Waals surface area contributed by atoms with E-state index < -0.39 is 22.0 Å². The van der Waals surface area contributed by atoms with Crippen LogP contribution in [0.3, 0.4) is 0 Å². The lowest BCUT2D eigenvalue weighted by atomic mass is 10.2. The molecule has 0 spiro atoms. The van der Waals surface area contributed by atoms with Crippen molar-refractivity contribution >= 4 is 16.8 Å². The van der Waals surface area contributed by atoms with E-state index in [4.69, 9.17) is 9.84 Å². The lowest BCUT2D eigenvalue weighted by Crippen LogP contribution is -2.27. The second-order valence-electron chi connectivity index (χ2n) is 3.74. The molecule has 88 valence electrons. The summed E-state index contributed by atoms with van der Waals surface area (Å²) in [5, 5.41) is 8.10. The molecule has 0 aromatic carbocycles. The Bertz CT molecular complexity index is 236. The number of carbonyl (C=O) groups is 1. The summed E-state index contributed by atoms with van der Waals surface area (Å²) in [4.78, 5) is 10.7. The van der Waals surface area contributed by atoms with Gasteiger partial charge in [-0.1, -0.05) is 6.92 Å². The monoisotopic (exact) mass is 234 g/mol. The van der Waals surface area contributed by atoms with Gasteiger partial charge in [0.15, 0.2) is 0 Å². The highest BCUT2D eigenvalue weighted by molar-refractivity contribution is 7.86. The lowest BCUT2D eigenvalue weighted by Gasteiger charge is -2.12. The van der Waals surface area contributed by atoms with E-state index in [1.807, 2.05) is 0 Å². The van der Waals surface area contributed by atoms with Gasteiger partial charge >= 0.3 is 5.97 Å². The number of hydrogen-bond acceptors (Lipinski definition) is 3. The Morgan fingerprint density at radius 1 is 1.67 bits per heavy atom. The van der Waals surface area contributed by atoms with E-state index in [1.54, 1.807) is 6.92 Å². The largest absolute Gasteiger partial charge is 0.480 e. The van der Waals surface area contributed by atoms with Gasteiger partial charge in [-0.15, -0.1) is 0 Å². The zero-order chi connectivity index (χ0) is 11.3. The Balaban J connectivity index is 2.30. The molecule has 1 fully saturated rings. The third-order valence-electron chi connectivity index (χ3n) is 2.63. The van der Waals surface area contributed by atoms with Crippen LogP contribution in [-0.4, -0.2) is 39.0 Å². The van der Waals surface area contributed by atoms with Crippen molar-refractivity contribution in [3.8, 4) is 0 Å². The fourth-order valence-electron chi connectivity index (χ4n) is 1.73. The average Bonchev–Trinajstić information content (AvgIpc) is 2.67. The fourth-order valence-corrected chi connectivity index (χ4v) is 3.11. The van der Waals surface area contributed by atoms with E-state index in [-0.39, 0.29) is 6.10 Å². The Labute approximate surface area is 92.5 Å². The van der Waals surface area contributed by atoms with Crippen LogP contribution in [0.5, 0.6) is 0 Å². The van der Waals surface area contributed by atoms with Crippen LogP contribution in [0.4, 0.5) is 0 Å². The standard InChI is InChI=1S/C10H18O4S/c1-2-9(10(11)12)15(13)7-5-8-4-3-6-14-8/h8-9H,2-7H2,1H3,(H,11,12). The zero-order valence-corrected chi connectivity index (χ0v) is 9.79. The lowest BCUT2D eigenvalue weighted by molar-refractivity contribution is -0.136. The van der Waals surface area contributed by atoms with Crippen LogP contribution in [0.25, 0.3) is 0 Å². The van der Waals surface area contributed by atoms with Gasteiger partial charge in [-0.25, -0.2) is 0 Å². The van der Waals surface area contributed by atoms with Gasteiger partial charge in [-0.05, 0) is 25.7 Å². The Morgan fingerprint density at radius 3 is 2.87 bits per heavy atom. The molecule has 0 radical (unpaired) electrons. The van der Waals surface area contributed by atoms with E-state index >= 15 is 0 Å². The molecule has 4 nitrogen and oxygen atoms in total. The SMILES string of the molecule is CCC(C(=O)O)S(=O)CCC1CCCO1. The van der Waals surface area contributed by atoms with Crippen molar-refractivity contribution in [3.05, 3.63) is 0 Å². The van der Waals surface area contributed by atoms with Crippen molar-refractivity contribution in [1.82, 2.24) is 0 Å². The molecule has 0 bridgehead atoms. The molecular weight excluding hydrogens is 216 g/mol. The average molecular weight is 234 g/mol. The minimum Gasteiger partial charge on any atom is -0.480 e. The number of carboxylic acid groups (broad SMARTS) is 1. The van der Waals surface area contributed by atoms with E-state index in [1.165, 1.54) is 0 Å². The van der Waals surface area contributed by atoms with Crippen molar-refractivity contribution in [3.63, 3.8) is 0 Å². The molecular formula is C10H18O4S. The highest BCUT2D eigenvalue weighted by Crippen LogP contribution is 2.16. The minimum atomic E-state index is -1.26. The smallest absolute Gasteiger partial charge is 0.319 e. The predicted octanol–water partition coefficient (Wildman–Crippen LogP) is 1.17. The predicted molar refractivity (Wildman–Crippen MR) is 58.3 cm³/mol. The van der Waals surface area contributed by atoms with Crippen molar-refractivity contribution < 1.29 is 18.8 Å². The summed E-state index contributed by atoms with van der Waals surface area (Å²) in [6.45, 7) is 2.54.